The zero-order valence-corrected chi connectivity index (χ0v) is 20.8. The summed E-state index contributed by atoms with van der Waals surface area (Å²) in [5, 5.41) is 10.3. The molecule has 2 aromatic rings. The minimum Gasteiger partial charge on any atom is -0.507 e. The Hall–Kier alpha value is -1.82. The van der Waals surface area contributed by atoms with Gasteiger partial charge in [0.05, 0.1) is 6.61 Å². The molecule has 0 aliphatic heterocycles. The van der Waals surface area contributed by atoms with Crippen LogP contribution in [0.25, 0.3) is 5.76 Å². The Morgan fingerprint density at radius 1 is 0.806 bits per heavy atom. The molecule has 0 aromatic heterocycles. The molecule has 2 rings (SSSR count). The molecule has 0 spiro atoms. The number of rotatable bonds is 15. The average Bonchev–Trinajstić information content (AvgIpc) is 2.78. The van der Waals surface area contributed by atoms with Crippen LogP contribution in [0.2, 0.25) is 0 Å². The van der Waals surface area contributed by atoms with Crippen molar-refractivity contribution in [2.45, 2.75) is 71.1 Å². The van der Waals surface area contributed by atoms with E-state index in [1.165, 1.54) is 63.9 Å². The van der Waals surface area contributed by atoms with Gasteiger partial charge < -0.3 is 9.84 Å². The molecule has 0 aliphatic carbocycles. The third-order valence-corrected chi connectivity index (χ3v) is 6.03. The van der Waals surface area contributed by atoms with Gasteiger partial charge in [-0.1, -0.05) is 76.8 Å². The quantitative estimate of drug-likeness (QED) is 0.0821. The fourth-order valence-electron chi connectivity index (χ4n) is 3.41. The highest BCUT2D eigenvalue weighted by atomic mass is 127. The van der Waals surface area contributed by atoms with Crippen molar-refractivity contribution in [3.05, 3.63) is 69.3 Å². The van der Waals surface area contributed by atoms with Gasteiger partial charge in [-0.3, -0.25) is 4.79 Å². The van der Waals surface area contributed by atoms with E-state index in [-0.39, 0.29) is 11.5 Å². The van der Waals surface area contributed by atoms with E-state index in [4.69, 9.17) is 4.74 Å². The number of ketones is 1. The lowest BCUT2D eigenvalue weighted by atomic mass is 10.1. The fraction of sp³-hybridized carbons (Fsp3) is 0.444. The number of aliphatic hydroxyl groups is 1. The molecule has 0 unspecified atom stereocenters. The molecule has 2 aromatic carbocycles. The van der Waals surface area contributed by atoms with Gasteiger partial charge in [-0.05, 0) is 65.4 Å². The van der Waals surface area contributed by atoms with Crippen LogP contribution in [-0.2, 0) is 0 Å². The molecule has 1 N–H and O–H groups in total. The third kappa shape index (κ3) is 10.4. The second-order valence-corrected chi connectivity index (χ2v) is 9.20. The molecule has 0 atom stereocenters. The van der Waals surface area contributed by atoms with E-state index in [9.17, 15) is 9.90 Å². The van der Waals surface area contributed by atoms with Gasteiger partial charge in [0.2, 0.25) is 0 Å². The maximum Gasteiger partial charge on any atom is 0.189 e. The minimum atomic E-state index is -0.213. The second-order valence-electron chi connectivity index (χ2n) is 7.96. The number of allylic oxidation sites excluding steroid dienone is 1. The van der Waals surface area contributed by atoms with Gasteiger partial charge >= 0.3 is 0 Å². The Labute approximate surface area is 201 Å². The topological polar surface area (TPSA) is 46.5 Å². The molecule has 0 saturated heterocycles. The lowest BCUT2D eigenvalue weighted by Crippen LogP contribution is -1.98. The van der Waals surface area contributed by atoms with Crippen molar-refractivity contribution in [1.29, 1.82) is 0 Å². The van der Waals surface area contributed by atoms with Crippen molar-refractivity contribution in [2.75, 3.05) is 6.61 Å². The summed E-state index contributed by atoms with van der Waals surface area (Å²) in [4.78, 5) is 12.3. The summed E-state index contributed by atoms with van der Waals surface area (Å²) in [6, 6.07) is 14.5. The number of halogens is 1. The first-order valence-electron chi connectivity index (χ1n) is 11.5. The number of hydrogen-bond acceptors (Lipinski definition) is 3. The molecule has 0 amide bonds. The van der Waals surface area contributed by atoms with Crippen LogP contribution in [0.3, 0.4) is 0 Å². The van der Waals surface area contributed by atoms with Crippen LogP contribution in [0.15, 0.2) is 54.6 Å². The monoisotopic (exact) mass is 534 g/mol. The zero-order valence-electron chi connectivity index (χ0n) is 18.6. The minimum absolute atomic E-state index is 0.0372. The first-order valence-corrected chi connectivity index (χ1v) is 12.6. The Bertz CT molecular complexity index is 794. The molecule has 31 heavy (non-hydrogen) atoms. The van der Waals surface area contributed by atoms with E-state index in [1.807, 2.05) is 24.3 Å². The van der Waals surface area contributed by atoms with Crippen molar-refractivity contribution >= 4 is 34.1 Å². The molecule has 0 saturated carbocycles. The van der Waals surface area contributed by atoms with E-state index in [0.717, 1.165) is 15.7 Å². The molecule has 0 aliphatic rings. The molecule has 3 nitrogen and oxygen atoms in total. The number of benzene rings is 2. The summed E-state index contributed by atoms with van der Waals surface area (Å²) in [5.41, 5.74) is 1.16. The zero-order chi connectivity index (χ0) is 22.3. The van der Waals surface area contributed by atoms with Crippen LogP contribution in [0.4, 0.5) is 0 Å². The summed E-state index contributed by atoms with van der Waals surface area (Å²) in [5.74, 6) is 0.538. The Balaban J connectivity index is 1.65. The van der Waals surface area contributed by atoms with Crippen molar-refractivity contribution in [2.24, 2.45) is 0 Å². The molecule has 0 radical (unpaired) electrons. The lowest BCUT2D eigenvalue weighted by Gasteiger charge is -2.07. The first kappa shape index (κ1) is 25.4. The van der Waals surface area contributed by atoms with Gasteiger partial charge in [-0.2, -0.15) is 0 Å². The molecule has 0 bridgehead atoms. The van der Waals surface area contributed by atoms with Crippen LogP contribution in [0, 0.1) is 3.57 Å². The predicted molar refractivity (Wildman–Crippen MR) is 138 cm³/mol. The van der Waals surface area contributed by atoms with E-state index in [2.05, 4.69) is 29.5 Å². The number of unbranched alkanes of at least 4 members (excludes halogenated alkanes) is 9. The molecule has 0 heterocycles. The molecular weight excluding hydrogens is 499 g/mol. The lowest BCUT2D eigenvalue weighted by molar-refractivity contribution is 0.104. The Morgan fingerprint density at radius 2 is 1.32 bits per heavy atom. The number of aliphatic hydroxyl groups excluding tert-OH is 1. The van der Waals surface area contributed by atoms with Crippen LogP contribution in [-0.4, -0.2) is 17.5 Å². The van der Waals surface area contributed by atoms with Crippen molar-refractivity contribution in [1.82, 2.24) is 0 Å². The van der Waals surface area contributed by atoms with Crippen molar-refractivity contribution < 1.29 is 14.6 Å². The van der Waals surface area contributed by atoms with Gasteiger partial charge in [-0.15, -0.1) is 0 Å². The highest BCUT2D eigenvalue weighted by Gasteiger charge is 2.07. The van der Waals surface area contributed by atoms with Crippen molar-refractivity contribution in [3.63, 3.8) is 0 Å². The summed E-state index contributed by atoms with van der Waals surface area (Å²) in [6.45, 7) is 2.97. The number of hydrogen-bond donors (Lipinski definition) is 1. The smallest absolute Gasteiger partial charge is 0.189 e. The number of ether oxygens (including phenoxy) is 1. The van der Waals surface area contributed by atoms with Gasteiger partial charge in [0, 0.05) is 20.8 Å². The largest absolute Gasteiger partial charge is 0.507 e. The van der Waals surface area contributed by atoms with E-state index in [1.54, 1.807) is 24.3 Å². The van der Waals surface area contributed by atoms with Gasteiger partial charge in [0.1, 0.15) is 11.5 Å². The first-order chi connectivity index (χ1) is 15.1. The highest BCUT2D eigenvalue weighted by Crippen LogP contribution is 2.19. The standard InChI is InChI=1S/C27H35IO3/c1-2-3-4-5-6-7-8-9-10-11-20-31-25-18-14-23(15-19-25)27(30)21-26(29)22-12-16-24(28)17-13-22/h12-19,21,30H,2-11,20H2,1H3/b27-21-. The van der Waals surface area contributed by atoms with Gasteiger partial charge in [-0.25, -0.2) is 0 Å². The SMILES string of the molecule is CCCCCCCCCCCCOc1ccc(/C(O)=C/C(=O)c2ccc(I)cc2)cc1. The summed E-state index contributed by atoms with van der Waals surface area (Å²) in [7, 11) is 0. The normalized spacial score (nSPS) is 11.5. The molecule has 4 heteroatoms. The predicted octanol–water partition coefficient (Wildman–Crippen LogP) is 8.37. The van der Waals surface area contributed by atoms with Crippen molar-refractivity contribution in [3.8, 4) is 5.75 Å². The summed E-state index contributed by atoms with van der Waals surface area (Å²) < 4.78 is 6.87. The van der Waals surface area contributed by atoms with Crippen LogP contribution < -0.4 is 4.74 Å². The summed E-state index contributed by atoms with van der Waals surface area (Å²) in [6.07, 6.45) is 14.3. The molecule has 168 valence electrons. The van der Waals surface area contributed by atoms with Gasteiger partial charge in [0.25, 0.3) is 0 Å². The van der Waals surface area contributed by atoms with Crippen LogP contribution in [0.5, 0.6) is 5.75 Å². The second kappa shape index (κ2) is 15.1. The summed E-state index contributed by atoms with van der Waals surface area (Å²) >= 11 is 2.19. The molecular formula is C27H35IO3. The van der Waals surface area contributed by atoms with E-state index in [0.29, 0.717) is 17.7 Å². The van der Waals surface area contributed by atoms with E-state index < -0.39 is 0 Å². The average molecular weight is 534 g/mol. The number of carbonyl (C=O) groups is 1. The highest BCUT2D eigenvalue weighted by molar-refractivity contribution is 14.1. The molecule has 0 fully saturated rings. The fourth-order valence-corrected chi connectivity index (χ4v) is 3.77. The maximum absolute atomic E-state index is 12.3. The maximum atomic E-state index is 12.3. The Kier molecular flexibility index (Phi) is 12.4. The van der Waals surface area contributed by atoms with Crippen LogP contribution >= 0.6 is 22.6 Å². The van der Waals surface area contributed by atoms with Gasteiger partial charge in [0.15, 0.2) is 5.78 Å². The Morgan fingerprint density at radius 3 is 1.90 bits per heavy atom. The number of carbonyl (C=O) groups excluding carboxylic acids is 1. The van der Waals surface area contributed by atoms with Crippen LogP contribution in [0.1, 0.15) is 87.1 Å². The van der Waals surface area contributed by atoms with E-state index >= 15 is 0 Å². The third-order valence-electron chi connectivity index (χ3n) is 5.31.